The molecule has 0 saturated carbocycles. The standard InChI is InChI=1S/C13H19N3O2S/c1-4-7-13(2,14)12-15-10-6-5-9(19(3,17)18)8-11(10)16-12/h5-6,8H,4,7,14H2,1-3H3,(H,15,16). The number of rotatable bonds is 4. The van der Waals surface area contributed by atoms with Gasteiger partial charge in [-0.25, -0.2) is 13.4 Å². The number of H-pyrrole nitrogens is 1. The number of aromatic nitrogens is 2. The monoisotopic (exact) mass is 281 g/mol. The van der Waals surface area contributed by atoms with Crippen molar-refractivity contribution in [1.82, 2.24) is 9.97 Å². The number of nitrogens with zero attached hydrogens (tertiary/aromatic N) is 1. The van der Waals surface area contributed by atoms with E-state index < -0.39 is 15.4 Å². The molecule has 0 aliphatic rings. The van der Waals surface area contributed by atoms with E-state index in [1.165, 1.54) is 6.26 Å². The fraction of sp³-hybridized carbons (Fsp3) is 0.462. The van der Waals surface area contributed by atoms with Crippen molar-refractivity contribution in [3.8, 4) is 0 Å². The summed E-state index contributed by atoms with van der Waals surface area (Å²) in [4.78, 5) is 7.87. The Morgan fingerprint density at radius 2 is 2.11 bits per heavy atom. The van der Waals surface area contributed by atoms with Gasteiger partial charge in [-0.1, -0.05) is 13.3 Å². The van der Waals surface area contributed by atoms with Gasteiger partial charge in [0.2, 0.25) is 0 Å². The number of sulfone groups is 1. The Hall–Kier alpha value is -1.40. The average Bonchev–Trinajstić information content (AvgIpc) is 2.70. The van der Waals surface area contributed by atoms with E-state index in [1.807, 2.05) is 6.92 Å². The van der Waals surface area contributed by atoms with Gasteiger partial charge in [0.1, 0.15) is 5.82 Å². The Kier molecular flexibility index (Phi) is 3.40. The highest BCUT2D eigenvalue weighted by Gasteiger charge is 2.24. The van der Waals surface area contributed by atoms with Gasteiger partial charge >= 0.3 is 0 Å². The van der Waals surface area contributed by atoms with Crippen LogP contribution in [0.15, 0.2) is 23.1 Å². The van der Waals surface area contributed by atoms with Crippen molar-refractivity contribution in [2.75, 3.05) is 6.26 Å². The van der Waals surface area contributed by atoms with Crippen molar-refractivity contribution in [1.29, 1.82) is 0 Å². The molecule has 2 rings (SSSR count). The molecule has 3 N–H and O–H groups in total. The highest BCUT2D eigenvalue weighted by Crippen LogP contribution is 2.24. The number of imidazole rings is 1. The van der Waals surface area contributed by atoms with Gasteiger partial charge in [0.05, 0.1) is 21.5 Å². The van der Waals surface area contributed by atoms with Crippen molar-refractivity contribution in [3.05, 3.63) is 24.0 Å². The van der Waals surface area contributed by atoms with Crippen LogP contribution in [0, 0.1) is 0 Å². The molecule has 0 spiro atoms. The summed E-state index contributed by atoms with van der Waals surface area (Å²) in [6, 6.07) is 4.87. The summed E-state index contributed by atoms with van der Waals surface area (Å²) in [7, 11) is -3.21. The van der Waals surface area contributed by atoms with Gasteiger partial charge in [0, 0.05) is 6.26 Å². The predicted octanol–water partition coefficient (Wildman–Crippen LogP) is 1.94. The van der Waals surface area contributed by atoms with Gasteiger partial charge in [-0.3, -0.25) is 0 Å². The number of benzene rings is 1. The van der Waals surface area contributed by atoms with Crippen LogP contribution in [-0.2, 0) is 15.4 Å². The molecule has 0 radical (unpaired) electrons. The van der Waals surface area contributed by atoms with Crippen LogP contribution in [0.2, 0.25) is 0 Å². The molecule has 2 aromatic rings. The Bertz CT molecular complexity index is 702. The Morgan fingerprint density at radius 1 is 1.42 bits per heavy atom. The first-order valence-electron chi connectivity index (χ1n) is 6.23. The molecule has 1 aromatic carbocycles. The third kappa shape index (κ3) is 2.79. The zero-order chi connectivity index (χ0) is 14.3. The van der Waals surface area contributed by atoms with Gasteiger partial charge < -0.3 is 10.7 Å². The Morgan fingerprint density at radius 3 is 2.68 bits per heavy atom. The van der Waals surface area contributed by atoms with E-state index >= 15 is 0 Å². The Balaban J connectivity index is 2.53. The third-order valence-electron chi connectivity index (χ3n) is 3.19. The molecule has 0 bridgehead atoms. The zero-order valence-electron chi connectivity index (χ0n) is 11.4. The van der Waals surface area contributed by atoms with E-state index in [2.05, 4.69) is 16.9 Å². The van der Waals surface area contributed by atoms with E-state index in [0.717, 1.165) is 18.4 Å². The smallest absolute Gasteiger partial charge is 0.175 e. The molecule has 5 nitrogen and oxygen atoms in total. The maximum absolute atomic E-state index is 11.5. The van der Waals surface area contributed by atoms with Crippen LogP contribution in [0.3, 0.4) is 0 Å². The van der Waals surface area contributed by atoms with Gasteiger partial charge in [0.15, 0.2) is 9.84 Å². The summed E-state index contributed by atoms with van der Waals surface area (Å²) in [6.07, 6.45) is 2.96. The first-order chi connectivity index (χ1) is 8.74. The highest BCUT2D eigenvalue weighted by atomic mass is 32.2. The number of nitrogens with one attached hydrogen (secondary N) is 1. The van der Waals surface area contributed by atoms with Crippen LogP contribution < -0.4 is 5.73 Å². The first kappa shape index (κ1) is 14.0. The van der Waals surface area contributed by atoms with Crippen LogP contribution in [0.4, 0.5) is 0 Å². The number of aromatic amines is 1. The van der Waals surface area contributed by atoms with Crippen LogP contribution >= 0.6 is 0 Å². The average molecular weight is 281 g/mol. The second-order valence-electron chi connectivity index (χ2n) is 5.20. The summed E-state index contributed by atoms with van der Waals surface area (Å²) in [5, 5.41) is 0. The molecule has 1 unspecified atom stereocenters. The normalized spacial score (nSPS) is 15.6. The third-order valence-corrected chi connectivity index (χ3v) is 4.30. The molecule has 0 amide bonds. The predicted molar refractivity (Wildman–Crippen MR) is 75.7 cm³/mol. The second-order valence-corrected chi connectivity index (χ2v) is 7.22. The Labute approximate surface area is 113 Å². The first-order valence-corrected chi connectivity index (χ1v) is 8.12. The SMILES string of the molecule is CCCC(C)(N)c1nc2ccc(S(C)(=O)=O)cc2[nH]1. The van der Waals surface area contributed by atoms with Crippen molar-refractivity contribution >= 4 is 20.9 Å². The lowest BCUT2D eigenvalue weighted by molar-refractivity contribution is 0.424. The summed E-state index contributed by atoms with van der Waals surface area (Å²) in [5.74, 6) is 0.690. The van der Waals surface area contributed by atoms with E-state index in [9.17, 15) is 8.42 Å². The number of hydrogen-bond acceptors (Lipinski definition) is 4. The molecule has 6 heteroatoms. The quantitative estimate of drug-likeness (QED) is 0.896. The highest BCUT2D eigenvalue weighted by molar-refractivity contribution is 7.90. The van der Waals surface area contributed by atoms with Gasteiger partial charge in [-0.2, -0.15) is 0 Å². The fourth-order valence-corrected chi connectivity index (χ4v) is 2.77. The second kappa shape index (κ2) is 4.61. The molecular weight excluding hydrogens is 262 g/mol. The number of hydrogen-bond donors (Lipinski definition) is 2. The van der Waals surface area contributed by atoms with E-state index in [-0.39, 0.29) is 4.90 Å². The minimum Gasteiger partial charge on any atom is -0.340 e. The van der Waals surface area contributed by atoms with E-state index in [1.54, 1.807) is 18.2 Å². The molecule has 1 aromatic heterocycles. The fourth-order valence-electron chi connectivity index (χ4n) is 2.13. The summed E-state index contributed by atoms with van der Waals surface area (Å²) < 4.78 is 23.0. The lowest BCUT2D eigenvalue weighted by Gasteiger charge is -2.20. The maximum atomic E-state index is 11.5. The zero-order valence-corrected chi connectivity index (χ0v) is 12.2. The largest absolute Gasteiger partial charge is 0.340 e. The minimum atomic E-state index is -3.21. The van der Waals surface area contributed by atoms with Gasteiger partial charge in [-0.15, -0.1) is 0 Å². The lowest BCUT2D eigenvalue weighted by atomic mass is 9.97. The van der Waals surface area contributed by atoms with Crippen molar-refractivity contribution in [2.24, 2.45) is 5.73 Å². The molecular formula is C13H19N3O2S. The van der Waals surface area contributed by atoms with Crippen LogP contribution in [0.5, 0.6) is 0 Å². The van der Waals surface area contributed by atoms with Crippen LogP contribution in [-0.4, -0.2) is 24.6 Å². The molecule has 0 aliphatic heterocycles. The summed E-state index contributed by atoms with van der Waals surface area (Å²) in [5.41, 5.74) is 7.13. The topological polar surface area (TPSA) is 88.8 Å². The number of nitrogens with two attached hydrogens (primary N) is 1. The summed E-state index contributed by atoms with van der Waals surface area (Å²) >= 11 is 0. The van der Waals surface area contributed by atoms with Gasteiger partial charge in [0.25, 0.3) is 0 Å². The van der Waals surface area contributed by atoms with Crippen LogP contribution in [0.25, 0.3) is 11.0 Å². The molecule has 1 atom stereocenters. The van der Waals surface area contributed by atoms with Crippen molar-refractivity contribution < 1.29 is 8.42 Å². The molecule has 0 saturated heterocycles. The molecule has 19 heavy (non-hydrogen) atoms. The lowest BCUT2D eigenvalue weighted by Crippen LogP contribution is -2.34. The van der Waals surface area contributed by atoms with E-state index in [4.69, 9.17) is 5.73 Å². The molecule has 0 fully saturated rings. The maximum Gasteiger partial charge on any atom is 0.175 e. The van der Waals surface area contributed by atoms with Crippen molar-refractivity contribution in [2.45, 2.75) is 37.1 Å². The van der Waals surface area contributed by atoms with Gasteiger partial charge in [-0.05, 0) is 31.5 Å². The minimum absolute atomic E-state index is 0.282. The number of fused-ring (bicyclic) bond motifs is 1. The van der Waals surface area contributed by atoms with E-state index in [0.29, 0.717) is 11.3 Å². The molecule has 0 aliphatic carbocycles. The molecule has 1 heterocycles. The summed E-state index contributed by atoms with van der Waals surface area (Å²) in [6.45, 7) is 3.99. The molecule has 104 valence electrons. The van der Waals surface area contributed by atoms with Crippen molar-refractivity contribution in [3.63, 3.8) is 0 Å². The van der Waals surface area contributed by atoms with Crippen LogP contribution in [0.1, 0.15) is 32.5 Å².